The third-order valence-corrected chi connectivity index (χ3v) is 5.64. The molecule has 0 bridgehead atoms. The smallest absolute Gasteiger partial charge is 0.356 e. The summed E-state index contributed by atoms with van der Waals surface area (Å²) in [5, 5.41) is 10.6. The van der Waals surface area contributed by atoms with Crippen LogP contribution in [-0.2, 0) is 9.53 Å². The van der Waals surface area contributed by atoms with Crippen LogP contribution in [-0.4, -0.2) is 57.7 Å². The molecule has 172 valence electrons. The van der Waals surface area contributed by atoms with Gasteiger partial charge in [-0.15, -0.1) is 0 Å². The van der Waals surface area contributed by atoms with Crippen LogP contribution in [0.2, 0.25) is 0 Å². The quantitative estimate of drug-likeness (QED) is 0.480. The van der Waals surface area contributed by atoms with Crippen LogP contribution < -0.4 is 0 Å². The fourth-order valence-corrected chi connectivity index (χ4v) is 3.69. The van der Waals surface area contributed by atoms with E-state index >= 15 is 0 Å². The van der Waals surface area contributed by atoms with E-state index in [2.05, 4.69) is 21.8 Å². The molecule has 0 aliphatic carbocycles. The number of aryl methyl sites for hydroxylation is 1. The highest BCUT2D eigenvalue weighted by Crippen LogP contribution is 2.27. The lowest BCUT2D eigenvalue weighted by Gasteiger charge is -2.13. The summed E-state index contributed by atoms with van der Waals surface area (Å²) in [6.45, 7) is 4.36. The van der Waals surface area contributed by atoms with Crippen LogP contribution in [0.25, 0.3) is 22.4 Å². The number of amides is 1. The number of hydrogen-bond donors (Lipinski definition) is 1. The van der Waals surface area contributed by atoms with Crippen molar-refractivity contribution in [1.82, 2.24) is 14.9 Å². The molecule has 7 heteroatoms. The number of esters is 1. The number of aromatic nitrogens is 2. The highest BCUT2D eigenvalue weighted by Gasteiger charge is 2.42. The van der Waals surface area contributed by atoms with Crippen LogP contribution in [0.4, 0.5) is 0 Å². The van der Waals surface area contributed by atoms with Crippen LogP contribution >= 0.6 is 0 Å². The van der Waals surface area contributed by atoms with Crippen molar-refractivity contribution >= 4 is 11.9 Å². The van der Waals surface area contributed by atoms with Gasteiger partial charge in [-0.3, -0.25) is 9.78 Å². The van der Waals surface area contributed by atoms with Crippen molar-refractivity contribution in [1.29, 1.82) is 0 Å². The van der Waals surface area contributed by atoms with Crippen LogP contribution in [0.5, 0.6) is 0 Å². The predicted molar refractivity (Wildman–Crippen MR) is 128 cm³/mol. The second-order valence-electron chi connectivity index (χ2n) is 8.20. The number of aliphatic hydroxyl groups is 1. The van der Waals surface area contributed by atoms with E-state index in [0.29, 0.717) is 17.8 Å². The Kier molecular flexibility index (Phi) is 6.44. The average molecular weight is 456 g/mol. The summed E-state index contributed by atoms with van der Waals surface area (Å²) in [4.78, 5) is 35.0. The number of likely N-dealkylation sites (tertiary alicyclic amines) is 1. The fourth-order valence-electron chi connectivity index (χ4n) is 3.69. The Labute approximate surface area is 198 Å². The first-order valence-electron chi connectivity index (χ1n) is 11.0. The third kappa shape index (κ3) is 4.82. The van der Waals surface area contributed by atoms with Gasteiger partial charge in [-0.25, -0.2) is 9.78 Å². The van der Waals surface area contributed by atoms with Gasteiger partial charge in [0.15, 0.2) is 0 Å². The first kappa shape index (κ1) is 23.1. The molecule has 1 N–H and O–H groups in total. The van der Waals surface area contributed by atoms with E-state index in [-0.39, 0.29) is 18.7 Å². The van der Waals surface area contributed by atoms with Crippen molar-refractivity contribution in [2.45, 2.75) is 25.9 Å². The Hall–Kier alpha value is -4.02. The van der Waals surface area contributed by atoms with Crippen molar-refractivity contribution in [3.63, 3.8) is 0 Å². The molecule has 34 heavy (non-hydrogen) atoms. The maximum Gasteiger partial charge on any atom is 0.356 e. The summed E-state index contributed by atoms with van der Waals surface area (Å²) in [6, 6.07) is 14.7. The second-order valence-corrected chi connectivity index (χ2v) is 8.20. The zero-order chi connectivity index (χ0) is 24.3. The summed E-state index contributed by atoms with van der Waals surface area (Å²) < 4.78 is 5.17. The minimum atomic E-state index is -1.67. The molecule has 1 fully saturated rings. The molecule has 0 radical (unpaired) electrons. The monoisotopic (exact) mass is 455 g/mol. The summed E-state index contributed by atoms with van der Waals surface area (Å²) in [7, 11) is 1.64. The summed E-state index contributed by atoms with van der Waals surface area (Å²) in [5.74, 6) is 4.76. The molecular formula is C27H25N3O4. The Morgan fingerprint density at radius 3 is 2.68 bits per heavy atom. The molecule has 1 aliphatic rings. The van der Waals surface area contributed by atoms with Gasteiger partial charge in [0.05, 0.1) is 12.3 Å². The van der Waals surface area contributed by atoms with Gasteiger partial charge in [-0.1, -0.05) is 30.0 Å². The molecule has 1 aromatic carbocycles. The largest absolute Gasteiger partial charge is 0.461 e. The van der Waals surface area contributed by atoms with Gasteiger partial charge in [0.2, 0.25) is 5.60 Å². The molecule has 1 amide bonds. The average Bonchev–Trinajstić information content (AvgIpc) is 3.11. The molecule has 4 rings (SSSR count). The normalized spacial score (nSPS) is 17.3. The Bertz CT molecular complexity index is 1310. The highest BCUT2D eigenvalue weighted by molar-refractivity contribution is 5.91. The minimum absolute atomic E-state index is 0.195. The van der Waals surface area contributed by atoms with E-state index in [4.69, 9.17) is 4.74 Å². The lowest BCUT2D eigenvalue weighted by Crippen LogP contribution is -2.37. The number of pyridine rings is 2. The molecule has 2 aromatic heterocycles. The molecule has 0 spiro atoms. The van der Waals surface area contributed by atoms with E-state index in [9.17, 15) is 14.7 Å². The van der Waals surface area contributed by atoms with Gasteiger partial charge >= 0.3 is 5.97 Å². The molecule has 3 aromatic rings. The van der Waals surface area contributed by atoms with Crippen molar-refractivity contribution in [2.75, 3.05) is 20.2 Å². The van der Waals surface area contributed by atoms with Crippen molar-refractivity contribution < 1.29 is 19.4 Å². The Morgan fingerprint density at radius 2 is 2.00 bits per heavy atom. The predicted octanol–water partition coefficient (Wildman–Crippen LogP) is 3.24. The van der Waals surface area contributed by atoms with Gasteiger partial charge in [0.25, 0.3) is 5.91 Å². The van der Waals surface area contributed by atoms with Crippen molar-refractivity contribution in [3.8, 4) is 34.2 Å². The highest BCUT2D eigenvalue weighted by atomic mass is 16.5. The number of benzene rings is 1. The number of rotatable bonds is 4. The minimum Gasteiger partial charge on any atom is -0.461 e. The maximum absolute atomic E-state index is 12.5. The van der Waals surface area contributed by atoms with Gasteiger partial charge in [-0.05, 0) is 49.7 Å². The van der Waals surface area contributed by atoms with Crippen LogP contribution in [0.1, 0.15) is 35.1 Å². The van der Waals surface area contributed by atoms with E-state index in [0.717, 1.165) is 22.4 Å². The Morgan fingerprint density at radius 1 is 1.18 bits per heavy atom. The molecule has 7 nitrogen and oxygen atoms in total. The van der Waals surface area contributed by atoms with Crippen molar-refractivity contribution in [3.05, 3.63) is 71.7 Å². The number of hydrogen-bond acceptors (Lipinski definition) is 6. The number of ether oxygens (including phenoxy) is 1. The van der Waals surface area contributed by atoms with E-state index in [1.165, 1.54) is 4.90 Å². The van der Waals surface area contributed by atoms with E-state index in [1.54, 1.807) is 32.3 Å². The molecular weight excluding hydrogens is 430 g/mol. The molecule has 1 unspecified atom stereocenters. The van der Waals surface area contributed by atoms with E-state index in [1.807, 2.05) is 43.3 Å². The zero-order valence-corrected chi connectivity index (χ0v) is 19.3. The van der Waals surface area contributed by atoms with Crippen LogP contribution in [0.15, 0.2) is 54.7 Å². The number of carbonyl (C=O) groups excluding carboxylic acids is 2. The summed E-state index contributed by atoms with van der Waals surface area (Å²) in [6.07, 6.45) is 2.02. The molecule has 0 saturated carbocycles. The fraction of sp³-hybridized carbons (Fsp3) is 0.259. The van der Waals surface area contributed by atoms with Crippen molar-refractivity contribution in [2.24, 2.45) is 0 Å². The lowest BCUT2D eigenvalue weighted by atomic mass is 10.0. The zero-order valence-electron chi connectivity index (χ0n) is 19.3. The molecule has 1 atom stereocenters. The van der Waals surface area contributed by atoms with Gasteiger partial charge in [0, 0.05) is 48.6 Å². The maximum atomic E-state index is 12.5. The summed E-state index contributed by atoms with van der Waals surface area (Å²) in [5.41, 5.74) is 2.98. The van der Waals surface area contributed by atoms with Gasteiger partial charge in [0.1, 0.15) is 5.69 Å². The first-order chi connectivity index (χ1) is 16.3. The van der Waals surface area contributed by atoms with Gasteiger partial charge in [-0.2, -0.15) is 0 Å². The number of nitrogens with zero attached hydrogens (tertiary/aromatic N) is 3. The molecule has 1 saturated heterocycles. The number of carbonyl (C=O) groups is 2. The van der Waals surface area contributed by atoms with Crippen LogP contribution in [0, 0.1) is 18.8 Å². The van der Waals surface area contributed by atoms with E-state index < -0.39 is 17.5 Å². The first-order valence-corrected chi connectivity index (χ1v) is 11.0. The Balaban J connectivity index is 1.74. The molecule has 1 aliphatic heterocycles. The second kappa shape index (κ2) is 9.46. The third-order valence-electron chi connectivity index (χ3n) is 5.64. The summed E-state index contributed by atoms with van der Waals surface area (Å²) >= 11 is 0. The number of likely N-dealkylation sites (N-methyl/N-ethyl adjacent to an activating group) is 1. The lowest BCUT2D eigenvalue weighted by molar-refractivity contribution is -0.137. The standard InChI is InChI=1S/C27H25N3O4/c1-4-34-25(31)24-16-22(21-9-8-18(2)28-17-21)15-23(29-24)20-7-5-6-19(14-20)10-11-27(33)12-13-30(3)26(27)32/h5-9,14-17,33H,4,12-13H2,1-3H3. The van der Waals surface area contributed by atoms with Gasteiger partial charge < -0.3 is 14.7 Å². The molecule has 3 heterocycles. The van der Waals surface area contributed by atoms with Crippen LogP contribution in [0.3, 0.4) is 0 Å². The SMILES string of the molecule is CCOC(=O)c1cc(-c2ccc(C)nc2)cc(-c2cccc(C#CC3(O)CCN(C)C3=O)c2)n1. The topological polar surface area (TPSA) is 92.6 Å².